The molecule has 0 atom stereocenters. The molecule has 4 heteroatoms. The second kappa shape index (κ2) is 5.31. The highest BCUT2D eigenvalue weighted by Gasteiger charge is 2.46. The molecule has 1 aromatic rings. The molecule has 1 N–H and O–H groups in total. The SMILES string of the molecule is OC1(c2ccccc2C2CCC2)CCC(C(F)(F)F)CC1. The van der Waals surface area contributed by atoms with Gasteiger partial charge in [-0.25, -0.2) is 0 Å². The van der Waals surface area contributed by atoms with Gasteiger partial charge in [0, 0.05) is 0 Å². The van der Waals surface area contributed by atoms with Crippen molar-refractivity contribution in [3.05, 3.63) is 35.4 Å². The number of hydrogen-bond acceptors (Lipinski definition) is 1. The van der Waals surface area contributed by atoms with Crippen molar-refractivity contribution in [1.82, 2.24) is 0 Å². The Morgan fingerprint density at radius 2 is 1.62 bits per heavy atom. The summed E-state index contributed by atoms with van der Waals surface area (Å²) in [5.74, 6) is -0.779. The summed E-state index contributed by atoms with van der Waals surface area (Å²) in [4.78, 5) is 0. The summed E-state index contributed by atoms with van der Waals surface area (Å²) < 4.78 is 38.4. The molecule has 0 aromatic heterocycles. The van der Waals surface area contributed by atoms with Gasteiger partial charge in [0.2, 0.25) is 0 Å². The van der Waals surface area contributed by atoms with E-state index in [4.69, 9.17) is 0 Å². The molecule has 1 nitrogen and oxygen atoms in total. The van der Waals surface area contributed by atoms with Crippen molar-refractivity contribution in [1.29, 1.82) is 0 Å². The minimum Gasteiger partial charge on any atom is -0.385 e. The molecule has 116 valence electrons. The van der Waals surface area contributed by atoms with E-state index in [1.165, 1.54) is 6.42 Å². The molecule has 0 bridgehead atoms. The maximum Gasteiger partial charge on any atom is 0.391 e. The molecule has 3 rings (SSSR count). The van der Waals surface area contributed by atoms with E-state index in [-0.39, 0.29) is 25.7 Å². The fourth-order valence-corrected chi connectivity index (χ4v) is 3.69. The molecule has 0 radical (unpaired) electrons. The van der Waals surface area contributed by atoms with Crippen LogP contribution < -0.4 is 0 Å². The number of hydrogen-bond donors (Lipinski definition) is 1. The predicted octanol–water partition coefficient (Wildman–Crippen LogP) is 4.89. The van der Waals surface area contributed by atoms with E-state index in [0.717, 1.165) is 24.0 Å². The highest BCUT2D eigenvalue weighted by molar-refractivity contribution is 5.36. The number of aliphatic hydroxyl groups is 1. The van der Waals surface area contributed by atoms with E-state index in [0.29, 0.717) is 5.92 Å². The van der Waals surface area contributed by atoms with Crippen molar-refractivity contribution in [2.75, 3.05) is 0 Å². The van der Waals surface area contributed by atoms with Crippen molar-refractivity contribution in [3.63, 3.8) is 0 Å². The molecule has 0 aliphatic heterocycles. The molecule has 2 aliphatic rings. The quantitative estimate of drug-likeness (QED) is 0.824. The van der Waals surface area contributed by atoms with E-state index in [9.17, 15) is 18.3 Å². The largest absolute Gasteiger partial charge is 0.391 e. The van der Waals surface area contributed by atoms with Crippen LogP contribution in [0.4, 0.5) is 13.2 Å². The van der Waals surface area contributed by atoms with E-state index in [1.807, 2.05) is 24.3 Å². The summed E-state index contributed by atoms with van der Waals surface area (Å²) in [7, 11) is 0. The second-order valence-corrected chi connectivity index (χ2v) is 6.56. The van der Waals surface area contributed by atoms with Crippen LogP contribution in [0.1, 0.15) is 62.0 Å². The third-order valence-corrected chi connectivity index (χ3v) is 5.28. The van der Waals surface area contributed by atoms with Gasteiger partial charge in [-0.05, 0) is 55.6 Å². The van der Waals surface area contributed by atoms with Crippen LogP contribution in [-0.4, -0.2) is 11.3 Å². The topological polar surface area (TPSA) is 20.2 Å². The molecule has 1 aromatic carbocycles. The average molecular weight is 298 g/mol. The average Bonchev–Trinajstić information content (AvgIpc) is 2.36. The summed E-state index contributed by atoms with van der Waals surface area (Å²) in [6, 6.07) is 7.78. The Balaban J connectivity index is 1.81. The molecular weight excluding hydrogens is 277 g/mol. The van der Waals surface area contributed by atoms with E-state index < -0.39 is 17.7 Å². The Hall–Kier alpha value is -1.03. The monoisotopic (exact) mass is 298 g/mol. The Bertz CT molecular complexity index is 497. The highest BCUT2D eigenvalue weighted by atomic mass is 19.4. The van der Waals surface area contributed by atoms with Crippen LogP contribution in [0, 0.1) is 5.92 Å². The second-order valence-electron chi connectivity index (χ2n) is 6.56. The van der Waals surface area contributed by atoms with Crippen LogP contribution in [0.2, 0.25) is 0 Å². The molecule has 2 saturated carbocycles. The molecule has 0 amide bonds. The van der Waals surface area contributed by atoms with Gasteiger partial charge >= 0.3 is 6.18 Å². The van der Waals surface area contributed by atoms with Crippen LogP contribution in [0.5, 0.6) is 0 Å². The van der Waals surface area contributed by atoms with Gasteiger partial charge in [-0.1, -0.05) is 30.7 Å². The van der Waals surface area contributed by atoms with Gasteiger partial charge in [-0.2, -0.15) is 13.2 Å². The third-order valence-electron chi connectivity index (χ3n) is 5.28. The van der Waals surface area contributed by atoms with Gasteiger partial charge in [-0.15, -0.1) is 0 Å². The van der Waals surface area contributed by atoms with Gasteiger partial charge in [0.05, 0.1) is 11.5 Å². The maximum atomic E-state index is 12.8. The molecule has 0 heterocycles. The van der Waals surface area contributed by atoms with Crippen molar-refractivity contribution < 1.29 is 18.3 Å². The molecule has 2 aliphatic carbocycles. The lowest BCUT2D eigenvalue weighted by Crippen LogP contribution is -2.37. The number of halogens is 3. The van der Waals surface area contributed by atoms with Gasteiger partial charge in [0.25, 0.3) is 0 Å². The van der Waals surface area contributed by atoms with Crippen LogP contribution in [-0.2, 0) is 5.60 Å². The summed E-state index contributed by atoms with van der Waals surface area (Å²) in [6.45, 7) is 0. The lowest BCUT2D eigenvalue weighted by Gasteiger charge is -2.40. The van der Waals surface area contributed by atoms with Crippen LogP contribution in [0.25, 0.3) is 0 Å². The predicted molar refractivity (Wildman–Crippen MR) is 74.9 cm³/mol. The first-order valence-corrected chi connectivity index (χ1v) is 7.79. The maximum absolute atomic E-state index is 12.8. The van der Waals surface area contributed by atoms with Crippen molar-refractivity contribution in [3.8, 4) is 0 Å². The van der Waals surface area contributed by atoms with Crippen LogP contribution >= 0.6 is 0 Å². The normalized spacial score (nSPS) is 31.0. The summed E-state index contributed by atoms with van der Waals surface area (Å²) in [6.07, 6.45) is -0.210. The van der Waals surface area contributed by atoms with Gasteiger partial charge < -0.3 is 5.11 Å². The van der Waals surface area contributed by atoms with Gasteiger partial charge in [-0.3, -0.25) is 0 Å². The standard InChI is InChI=1S/C17H21F3O/c18-17(19,20)13-8-10-16(21,11-9-13)15-7-2-1-6-14(15)12-4-3-5-12/h1-2,6-7,12-13,21H,3-5,8-11H2. The molecule has 0 unspecified atom stereocenters. The van der Waals surface area contributed by atoms with Crippen molar-refractivity contribution in [2.24, 2.45) is 5.92 Å². The first-order chi connectivity index (χ1) is 9.90. The Morgan fingerprint density at radius 1 is 1.00 bits per heavy atom. The molecule has 0 saturated heterocycles. The third kappa shape index (κ3) is 2.83. The Kier molecular flexibility index (Phi) is 3.76. The lowest BCUT2D eigenvalue weighted by molar-refractivity contribution is -0.193. The smallest absolute Gasteiger partial charge is 0.385 e. The molecule has 2 fully saturated rings. The number of rotatable bonds is 2. The number of alkyl halides is 3. The van der Waals surface area contributed by atoms with Crippen molar-refractivity contribution >= 4 is 0 Å². The fourth-order valence-electron chi connectivity index (χ4n) is 3.69. The zero-order valence-corrected chi connectivity index (χ0v) is 12.0. The zero-order valence-electron chi connectivity index (χ0n) is 12.0. The Labute approximate surface area is 123 Å². The van der Waals surface area contributed by atoms with Crippen LogP contribution in [0.3, 0.4) is 0 Å². The lowest BCUT2D eigenvalue weighted by atomic mass is 9.70. The summed E-state index contributed by atoms with van der Waals surface area (Å²) in [5, 5.41) is 10.9. The van der Waals surface area contributed by atoms with E-state index >= 15 is 0 Å². The van der Waals surface area contributed by atoms with Crippen LogP contribution in [0.15, 0.2) is 24.3 Å². The van der Waals surface area contributed by atoms with Crippen molar-refractivity contribution in [2.45, 2.75) is 62.6 Å². The molecular formula is C17H21F3O. The van der Waals surface area contributed by atoms with E-state index in [1.54, 1.807) is 0 Å². The van der Waals surface area contributed by atoms with Gasteiger partial charge in [0.15, 0.2) is 0 Å². The minimum atomic E-state index is -4.13. The first-order valence-electron chi connectivity index (χ1n) is 7.79. The highest BCUT2D eigenvalue weighted by Crippen LogP contribution is 2.48. The summed E-state index contributed by atoms with van der Waals surface area (Å²) >= 11 is 0. The summed E-state index contributed by atoms with van der Waals surface area (Å²) in [5.41, 5.74) is 0.945. The minimum absolute atomic E-state index is 0.0268. The molecule has 21 heavy (non-hydrogen) atoms. The van der Waals surface area contributed by atoms with Gasteiger partial charge in [0.1, 0.15) is 0 Å². The molecule has 0 spiro atoms. The fraction of sp³-hybridized carbons (Fsp3) is 0.647. The number of benzene rings is 1. The first kappa shape index (κ1) is 14.9. The van der Waals surface area contributed by atoms with E-state index in [2.05, 4.69) is 0 Å². The Morgan fingerprint density at radius 3 is 2.14 bits per heavy atom. The zero-order chi connectivity index (χ0) is 15.1.